The van der Waals surface area contributed by atoms with Crippen LogP contribution < -0.4 is 9.88 Å². The predicted octanol–water partition coefficient (Wildman–Crippen LogP) is 1.94. The molecule has 2 aromatic rings. The van der Waals surface area contributed by atoms with Gasteiger partial charge in [0.2, 0.25) is 0 Å². The molecule has 0 radical (unpaired) electrons. The van der Waals surface area contributed by atoms with Gasteiger partial charge in [-0.15, -0.1) is 0 Å². The summed E-state index contributed by atoms with van der Waals surface area (Å²) in [6.07, 6.45) is 3.60. The Morgan fingerprint density at radius 1 is 1.14 bits per heavy atom. The molecule has 0 fully saturated rings. The molecule has 0 aliphatic heterocycles. The van der Waals surface area contributed by atoms with Crippen LogP contribution in [0.3, 0.4) is 0 Å². The Morgan fingerprint density at radius 3 is 2.38 bits per heavy atom. The number of carbonyl (C=O) groups excluding carboxylic acids is 1. The number of pyridine rings is 1. The quantitative estimate of drug-likeness (QED) is 0.389. The van der Waals surface area contributed by atoms with Gasteiger partial charge in [-0.1, -0.05) is 0 Å². The summed E-state index contributed by atoms with van der Waals surface area (Å²) in [5.74, 6) is -0.383. The fraction of sp³-hybridized carbons (Fsp3) is 0.125. The zero-order valence-corrected chi connectivity index (χ0v) is 13.4. The third-order valence-corrected chi connectivity index (χ3v) is 3.31. The van der Waals surface area contributed by atoms with Crippen molar-refractivity contribution < 1.29 is 14.1 Å². The summed E-state index contributed by atoms with van der Waals surface area (Å²) >= 11 is 2.91. The standard InChI is InChI=1S/C16H16N2O2Se/c1-2-20-16(19)14(18-11-7-4-8-12-18)15(21)17-13-9-5-3-6-10-13/h3-12H,2H2,1H3,(H-,17,19,21). The summed E-state index contributed by atoms with van der Waals surface area (Å²) < 4.78 is 7.47. The van der Waals surface area contributed by atoms with Crippen molar-refractivity contribution in [1.29, 1.82) is 0 Å². The van der Waals surface area contributed by atoms with Gasteiger partial charge < -0.3 is 0 Å². The normalized spacial score (nSPS) is 11.5. The number of nitrogens with zero attached hydrogens (tertiary/aromatic N) is 1. The molecule has 21 heavy (non-hydrogen) atoms. The van der Waals surface area contributed by atoms with Crippen LogP contribution in [0.2, 0.25) is 0 Å². The summed E-state index contributed by atoms with van der Waals surface area (Å²) in [5.41, 5.74) is 1.31. The van der Waals surface area contributed by atoms with E-state index in [1.807, 2.05) is 48.5 Å². The van der Waals surface area contributed by atoms with Gasteiger partial charge in [0.05, 0.1) is 0 Å². The van der Waals surface area contributed by atoms with E-state index in [0.717, 1.165) is 5.69 Å². The van der Waals surface area contributed by atoms with Crippen LogP contribution in [0.1, 0.15) is 6.92 Å². The maximum atomic E-state index is 12.2. The number of nitrogens with one attached hydrogen (secondary N) is 1. The minimum absolute atomic E-state index is 0.328. The van der Waals surface area contributed by atoms with Gasteiger partial charge in [-0.2, -0.15) is 0 Å². The van der Waals surface area contributed by atoms with Gasteiger partial charge in [-0.05, 0) is 0 Å². The minimum atomic E-state index is -0.383. The van der Waals surface area contributed by atoms with Crippen LogP contribution in [-0.4, -0.2) is 28.6 Å². The number of hydrogen-bond donors (Lipinski definition) is 1. The summed E-state index contributed by atoms with van der Waals surface area (Å²) in [4.78, 5) is 12.2. The Kier molecular flexibility index (Phi) is 5.55. The van der Waals surface area contributed by atoms with Gasteiger partial charge in [0.25, 0.3) is 0 Å². The number of esters is 1. The van der Waals surface area contributed by atoms with E-state index in [-0.39, 0.29) is 5.97 Å². The number of aromatic nitrogens is 1. The van der Waals surface area contributed by atoms with Crippen molar-refractivity contribution in [3.8, 4) is 0 Å². The predicted molar refractivity (Wildman–Crippen MR) is 82.3 cm³/mol. The van der Waals surface area contributed by atoms with Gasteiger partial charge in [-0.25, -0.2) is 0 Å². The van der Waals surface area contributed by atoms with Crippen LogP contribution in [0.15, 0.2) is 65.5 Å². The van der Waals surface area contributed by atoms with Crippen molar-refractivity contribution in [2.24, 2.45) is 0 Å². The summed E-state index contributed by atoms with van der Waals surface area (Å²) in [7, 11) is 0. The van der Waals surface area contributed by atoms with Crippen molar-refractivity contribution in [2.45, 2.75) is 6.92 Å². The average molecular weight is 347 g/mol. The van der Waals surface area contributed by atoms with E-state index >= 15 is 0 Å². The first kappa shape index (κ1) is 15.3. The van der Waals surface area contributed by atoms with Crippen LogP contribution in [-0.2, 0) is 9.53 Å². The first-order valence-electron chi connectivity index (χ1n) is 6.59. The van der Waals surface area contributed by atoms with Crippen molar-refractivity contribution >= 4 is 33.4 Å². The molecule has 0 aliphatic rings. The van der Waals surface area contributed by atoms with E-state index in [0.29, 0.717) is 16.9 Å². The topological polar surface area (TPSA) is 42.2 Å². The van der Waals surface area contributed by atoms with E-state index in [2.05, 4.69) is 21.3 Å². The Balaban J connectivity index is 2.38. The molecule has 5 heteroatoms. The zero-order chi connectivity index (χ0) is 15.1. The van der Waals surface area contributed by atoms with E-state index < -0.39 is 0 Å². The molecule has 1 aromatic heterocycles. The van der Waals surface area contributed by atoms with Crippen molar-refractivity contribution in [3.05, 3.63) is 65.5 Å². The molecule has 0 atom stereocenters. The van der Waals surface area contributed by atoms with Crippen LogP contribution in [0, 0.1) is 0 Å². The monoisotopic (exact) mass is 348 g/mol. The molecule has 1 heterocycles. The SMILES string of the molecule is CCOC(=O)/C(=C(\[Se-])Nc1ccccc1)[n+]1ccccc1. The Bertz CT molecular complexity index is 627. The average Bonchev–Trinajstić information content (AvgIpc) is 2.50. The van der Waals surface area contributed by atoms with Crippen molar-refractivity contribution in [3.63, 3.8) is 0 Å². The molecule has 0 saturated heterocycles. The second kappa shape index (κ2) is 7.62. The molecule has 0 unspecified atom stereocenters. The summed E-state index contributed by atoms with van der Waals surface area (Å²) in [6.45, 7) is 2.11. The molecule has 4 nitrogen and oxygen atoms in total. The summed E-state index contributed by atoms with van der Waals surface area (Å²) in [5, 5.41) is 3.18. The first-order valence-corrected chi connectivity index (χ1v) is 7.45. The number of carbonyl (C=O) groups is 1. The van der Waals surface area contributed by atoms with Crippen molar-refractivity contribution in [1.82, 2.24) is 0 Å². The van der Waals surface area contributed by atoms with Crippen LogP contribution in [0.5, 0.6) is 0 Å². The van der Waals surface area contributed by atoms with Gasteiger partial charge >= 0.3 is 132 Å². The number of rotatable bonds is 5. The third-order valence-electron chi connectivity index (χ3n) is 2.69. The zero-order valence-electron chi connectivity index (χ0n) is 11.7. The number of benzene rings is 1. The van der Waals surface area contributed by atoms with E-state index in [1.165, 1.54) is 0 Å². The number of para-hydroxylation sites is 1. The third kappa shape index (κ3) is 4.18. The fourth-order valence-corrected chi connectivity index (χ4v) is 2.42. The van der Waals surface area contributed by atoms with Crippen molar-refractivity contribution in [2.75, 3.05) is 11.9 Å². The first-order chi connectivity index (χ1) is 10.2. The molecule has 1 N–H and O–H groups in total. The molecule has 0 amide bonds. The molecular formula is C16H16N2O2Se. The molecular weight excluding hydrogens is 331 g/mol. The Labute approximate surface area is 132 Å². The van der Waals surface area contributed by atoms with Crippen LogP contribution in [0.4, 0.5) is 5.69 Å². The van der Waals surface area contributed by atoms with Gasteiger partial charge in [0.15, 0.2) is 0 Å². The molecule has 108 valence electrons. The number of ether oxygens (including phenoxy) is 1. The molecule has 0 aliphatic carbocycles. The van der Waals surface area contributed by atoms with Gasteiger partial charge in [0.1, 0.15) is 0 Å². The number of anilines is 1. The maximum absolute atomic E-state index is 12.2. The van der Waals surface area contributed by atoms with Gasteiger partial charge in [0, 0.05) is 0 Å². The molecule has 0 bridgehead atoms. The van der Waals surface area contributed by atoms with E-state index in [4.69, 9.17) is 4.74 Å². The Morgan fingerprint density at radius 2 is 1.76 bits per heavy atom. The molecule has 1 aromatic carbocycles. The second-order valence-corrected chi connectivity index (χ2v) is 5.03. The van der Waals surface area contributed by atoms with E-state index in [1.54, 1.807) is 23.9 Å². The summed E-state index contributed by atoms with van der Waals surface area (Å²) in [6, 6.07) is 15.2. The fourth-order valence-electron chi connectivity index (χ4n) is 1.77. The van der Waals surface area contributed by atoms with Crippen LogP contribution >= 0.6 is 0 Å². The Hall–Kier alpha value is -2.10. The van der Waals surface area contributed by atoms with Crippen LogP contribution in [0.25, 0.3) is 5.70 Å². The second-order valence-electron chi connectivity index (χ2n) is 4.17. The van der Waals surface area contributed by atoms with E-state index in [9.17, 15) is 4.79 Å². The number of hydrogen-bond acceptors (Lipinski definition) is 3. The van der Waals surface area contributed by atoms with Gasteiger partial charge in [-0.3, -0.25) is 0 Å². The molecule has 0 spiro atoms. The molecule has 2 rings (SSSR count). The molecule has 0 saturated carbocycles.